The van der Waals surface area contributed by atoms with Crippen LogP contribution in [0.25, 0.3) is 0 Å². The van der Waals surface area contributed by atoms with E-state index >= 15 is 0 Å². The average molecular weight is 150 g/mol. The molecule has 0 spiro atoms. The third-order valence-corrected chi connectivity index (χ3v) is 0.714. The zero-order valence-electron chi connectivity index (χ0n) is 10.4. The molecule has 1 N–H and O–H groups in total. The van der Waals surface area contributed by atoms with Gasteiger partial charge in [-0.15, -0.1) is 0 Å². The molecule has 1 radical (unpaired) electrons. The van der Waals surface area contributed by atoms with Gasteiger partial charge in [0, 0.05) is 29.6 Å². The topological polar surface area (TPSA) is 37.3 Å². The maximum absolute atomic E-state index is 10.6. The molecule has 0 aliphatic heterocycles. The number of carboxylic acids is 1. The second kappa shape index (κ2) is 4.50. The summed E-state index contributed by atoms with van der Waals surface area (Å²) < 4.78 is 35.9. The van der Waals surface area contributed by atoms with Crippen molar-refractivity contribution in [2.45, 2.75) is 0 Å². The Kier molecular flexibility index (Phi) is 1.76. The van der Waals surface area contributed by atoms with Crippen molar-refractivity contribution in [3.8, 4) is 0 Å². The number of aromatic carboxylic acids is 1. The third kappa shape index (κ3) is 2.52. The fourth-order valence-corrected chi connectivity index (χ4v) is 0.357. The third-order valence-electron chi connectivity index (χ3n) is 0.714. The second-order valence-corrected chi connectivity index (χ2v) is 1.31. The largest absolute Gasteiger partial charge is 0.478 e. The molecule has 0 saturated heterocycles. The number of rotatable bonds is 1. The minimum absolute atomic E-state index is 0. The van der Waals surface area contributed by atoms with E-state index in [0.29, 0.717) is 0 Å². The zero-order valence-corrected chi connectivity index (χ0v) is 7.36. The van der Waals surface area contributed by atoms with Crippen molar-refractivity contribution in [2.24, 2.45) is 0 Å². The molecule has 2 nitrogen and oxygen atoms in total. The Morgan fingerprint density at radius 2 is 1.90 bits per heavy atom. The summed E-state index contributed by atoms with van der Waals surface area (Å²) >= 11 is 0. The van der Waals surface area contributed by atoms with Crippen LogP contribution in [-0.2, 0) is 0 Å². The van der Waals surface area contributed by atoms with Crippen molar-refractivity contribution < 1.29 is 16.8 Å². The summed E-state index contributed by atoms with van der Waals surface area (Å²) in [6.07, 6.45) is 0. The zero-order chi connectivity index (χ0) is 11.0. The van der Waals surface area contributed by atoms with E-state index in [4.69, 9.17) is 12.0 Å². The predicted octanol–water partition coefficient (Wildman–Crippen LogP) is 1.00. The Morgan fingerprint density at radius 1 is 1.40 bits per heavy atom. The molecule has 0 aromatic heterocycles. The van der Waals surface area contributed by atoms with Gasteiger partial charge in [-0.05, 0) is 12.1 Å². The number of benzene rings is 1. The first-order valence-electron chi connectivity index (χ1n) is 4.68. The second-order valence-electron chi connectivity index (χ2n) is 1.31. The van der Waals surface area contributed by atoms with Gasteiger partial charge in [0.05, 0.1) is 12.4 Å². The molecule has 10 heavy (non-hydrogen) atoms. The Labute approximate surface area is 88.2 Å². The summed E-state index contributed by atoms with van der Waals surface area (Å²) in [4.78, 5) is 10.6. The van der Waals surface area contributed by atoms with Gasteiger partial charge in [-0.1, -0.05) is 18.1 Å². The minimum atomic E-state index is -1.53. The van der Waals surface area contributed by atoms with E-state index in [1.54, 1.807) is 0 Å². The van der Waals surface area contributed by atoms with Crippen LogP contribution < -0.4 is 0 Å². The van der Waals surface area contributed by atoms with Crippen LogP contribution >= 0.6 is 0 Å². The van der Waals surface area contributed by atoms with Crippen LogP contribution in [0, 0.1) is 0 Å². The Bertz CT molecular complexity index is 391. The molecule has 0 saturated carbocycles. The molecule has 0 atom stereocenters. The Morgan fingerprint density at radius 3 is 2.30 bits per heavy atom. The fourth-order valence-electron chi connectivity index (χ4n) is 0.357. The first-order valence-corrected chi connectivity index (χ1v) is 2.18. The number of hydrogen-bond acceptors (Lipinski definition) is 1. The maximum Gasteiger partial charge on any atom is 0.335 e. The summed E-state index contributed by atoms with van der Waals surface area (Å²) in [5, 5.41) is 8.62. The van der Waals surface area contributed by atoms with Crippen LogP contribution in [0.4, 0.5) is 0 Å². The maximum atomic E-state index is 10.6. The molecule has 3 heteroatoms. The van der Waals surface area contributed by atoms with Gasteiger partial charge < -0.3 is 5.11 Å². The molecule has 0 aliphatic carbocycles. The summed E-state index contributed by atoms with van der Waals surface area (Å²) in [6, 6.07) is -3.25. The van der Waals surface area contributed by atoms with Crippen molar-refractivity contribution >= 4 is 35.5 Å². The first-order chi connectivity index (χ1) is 6.37. The molecule has 0 aliphatic rings. The average Bonchev–Trinajstić information content (AvgIpc) is 2.11. The Balaban J connectivity index is 0.00000196. The van der Waals surface area contributed by atoms with E-state index in [9.17, 15) is 4.79 Å². The van der Waals surface area contributed by atoms with Crippen molar-refractivity contribution in [1.29, 1.82) is 0 Å². The van der Waals surface area contributed by atoms with Gasteiger partial charge in [0.15, 0.2) is 0 Å². The van der Waals surface area contributed by atoms with E-state index in [1.165, 1.54) is 0 Å². The van der Waals surface area contributed by atoms with Gasteiger partial charge in [-0.25, -0.2) is 4.79 Å². The van der Waals surface area contributed by atoms with Gasteiger partial charge in [-0.3, -0.25) is 0 Å². The summed E-state index contributed by atoms with van der Waals surface area (Å²) in [5.74, 6) is -1.53. The van der Waals surface area contributed by atoms with E-state index < -0.39 is 41.7 Å². The molecular weight excluding hydrogens is 139 g/mol. The van der Waals surface area contributed by atoms with Gasteiger partial charge in [-0.2, -0.15) is 0 Å². The van der Waals surface area contributed by atoms with Crippen molar-refractivity contribution in [1.82, 2.24) is 0 Å². The van der Waals surface area contributed by atoms with Crippen molar-refractivity contribution in [3.05, 3.63) is 35.8 Å². The number of hydrogen-bond donors (Lipinski definition) is 1. The van der Waals surface area contributed by atoms with E-state index in [0.717, 1.165) is 0 Å². The van der Waals surface area contributed by atoms with Crippen molar-refractivity contribution in [2.75, 3.05) is 0 Å². The van der Waals surface area contributed by atoms with E-state index in [-0.39, 0.29) is 29.6 Å². The van der Waals surface area contributed by atoms with Crippen LogP contribution in [0.2, 0.25) is 0 Å². The normalized spacial score (nSPS) is 15.0. The van der Waals surface area contributed by atoms with Crippen molar-refractivity contribution in [3.63, 3.8) is 0 Å². The van der Waals surface area contributed by atoms with Crippen LogP contribution in [0.15, 0.2) is 30.2 Å². The summed E-state index contributed by atoms with van der Waals surface area (Å²) in [7, 11) is 0. The smallest absolute Gasteiger partial charge is 0.335 e. The number of carbonyl (C=O) groups is 1. The van der Waals surface area contributed by atoms with Gasteiger partial charge in [0.25, 0.3) is 0 Å². The molecule has 47 valence electrons. The van der Waals surface area contributed by atoms with Crippen LogP contribution in [0.3, 0.4) is 0 Å². The van der Waals surface area contributed by atoms with E-state index in [1.807, 2.05) is 0 Å². The quantitative estimate of drug-likeness (QED) is 0.606. The molecular formula is C7H6NaO2. The van der Waals surface area contributed by atoms with Gasteiger partial charge >= 0.3 is 5.97 Å². The van der Waals surface area contributed by atoms with Gasteiger partial charge in [0.2, 0.25) is 0 Å². The Hall–Kier alpha value is -0.310. The monoisotopic (exact) mass is 150 g/mol. The standard InChI is InChI=1S/C7H6O2.Na/c8-7(9)6-4-2-1-3-5-6;/h1-5H,(H,8,9);/i1D,2D,3D,4D,5D;. The molecule has 0 heterocycles. The molecule has 1 rings (SSSR count). The SMILES string of the molecule is [2H]c1c([2H])c([2H])c(C(=O)O)c([2H])c1[2H].[Na]. The van der Waals surface area contributed by atoms with Gasteiger partial charge in [0.1, 0.15) is 0 Å². The fraction of sp³-hybridized carbons (Fsp3) is 0. The molecule has 0 amide bonds. The molecule has 0 unspecified atom stereocenters. The molecule has 1 aromatic carbocycles. The van der Waals surface area contributed by atoms with Crippen LogP contribution in [-0.4, -0.2) is 40.6 Å². The molecule has 1 aromatic rings. The first kappa shape index (κ1) is 3.90. The van der Waals surface area contributed by atoms with E-state index in [2.05, 4.69) is 0 Å². The molecule has 0 bridgehead atoms. The summed E-state index contributed by atoms with van der Waals surface area (Å²) in [5.41, 5.74) is -0.698. The van der Waals surface area contributed by atoms with Crippen LogP contribution in [0.5, 0.6) is 0 Å². The predicted molar refractivity (Wildman–Crippen MR) is 39.2 cm³/mol. The van der Waals surface area contributed by atoms with Crippen LogP contribution in [0.1, 0.15) is 17.2 Å². The molecule has 0 fully saturated rings. The minimum Gasteiger partial charge on any atom is -0.478 e. The summed E-state index contributed by atoms with van der Waals surface area (Å²) in [6.45, 7) is 0. The number of carboxylic acid groups (broad SMARTS) is 1.